The van der Waals surface area contributed by atoms with E-state index in [4.69, 9.17) is 13.7 Å². The van der Waals surface area contributed by atoms with E-state index in [-0.39, 0.29) is 5.91 Å². The summed E-state index contributed by atoms with van der Waals surface area (Å²) >= 11 is 0. The zero-order chi connectivity index (χ0) is 22.8. The maximum absolute atomic E-state index is 12.5. The van der Waals surface area contributed by atoms with E-state index in [2.05, 4.69) is 20.4 Å². The molecule has 170 valence electrons. The van der Waals surface area contributed by atoms with Gasteiger partial charge in [-0.15, -0.1) is 0 Å². The minimum absolute atomic E-state index is 0.0946. The second kappa shape index (κ2) is 8.70. The number of aryl methyl sites for hydroxylation is 1. The third-order valence-corrected chi connectivity index (χ3v) is 4.81. The Kier molecular flexibility index (Phi) is 6.40. The van der Waals surface area contributed by atoms with Gasteiger partial charge in [-0.3, -0.25) is 9.69 Å². The summed E-state index contributed by atoms with van der Waals surface area (Å²) in [6.45, 7) is 13.8. The zero-order valence-electron chi connectivity index (χ0n) is 19.0. The molecule has 0 bridgehead atoms. The normalized spacial score (nSPS) is 15.7. The molecule has 3 rings (SSSR count). The van der Waals surface area contributed by atoms with Crippen LogP contribution in [0.15, 0.2) is 21.1 Å². The molecule has 0 saturated carbocycles. The number of carbonyl (C=O) groups excluding carboxylic acids is 2. The molecule has 0 radical (unpaired) electrons. The van der Waals surface area contributed by atoms with Gasteiger partial charge in [0.1, 0.15) is 16.9 Å². The van der Waals surface area contributed by atoms with Crippen LogP contribution in [0, 0.1) is 6.92 Å². The number of amides is 2. The molecule has 0 atom stereocenters. The predicted octanol–water partition coefficient (Wildman–Crippen LogP) is 2.69. The summed E-state index contributed by atoms with van der Waals surface area (Å²) in [6, 6.07) is 3.49. The molecule has 0 aromatic carbocycles. The molecule has 31 heavy (non-hydrogen) atoms. The first-order valence-electron chi connectivity index (χ1n) is 10.4. The largest absolute Gasteiger partial charge is 0.456 e. The highest BCUT2D eigenvalue weighted by molar-refractivity contribution is 5.91. The summed E-state index contributed by atoms with van der Waals surface area (Å²) in [5.74, 6) is 1.82. The van der Waals surface area contributed by atoms with E-state index in [0.29, 0.717) is 50.2 Å². The third kappa shape index (κ3) is 6.06. The van der Waals surface area contributed by atoms with Gasteiger partial charge >= 0.3 is 6.09 Å². The van der Waals surface area contributed by atoms with E-state index < -0.39 is 17.2 Å². The number of hydrogen-bond donors (Lipinski definition) is 1. The second-order valence-electron chi connectivity index (χ2n) is 9.24. The van der Waals surface area contributed by atoms with Crippen molar-refractivity contribution in [3.05, 3.63) is 35.4 Å². The molecule has 0 unspecified atom stereocenters. The molecule has 1 fully saturated rings. The molecular weight excluding hydrogens is 402 g/mol. The Balaban J connectivity index is 1.52. The highest BCUT2D eigenvalue weighted by Gasteiger charge is 2.31. The third-order valence-electron chi connectivity index (χ3n) is 4.81. The van der Waals surface area contributed by atoms with Crippen molar-refractivity contribution >= 4 is 12.0 Å². The quantitative estimate of drug-likeness (QED) is 0.766. The Morgan fingerprint density at radius 2 is 1.81 bits per heavy atom. The average molecular weight is 434 g/mol. The molecule has 2 aromatic heterocycles. The first-order chi connectivity index (χ1) is 14.4. The molecule has 10 heteroatoms. The maximum atomic E-state index is 12.5. The van der Waals surface area contributed by atoms with Crippen LogP contribution in [0.5, 0.6) is 0 Å². The van der Waals surface area contributed by atoms with Crippen LogP contribution in [0.2, 0.25) is 0 Å². The Morgan fingerprint density at radius 3 is 2.39 bits per heavy atom. The minimum Gasteiger partial charge on any atom is -0.456 e. The number of alkyl carbamates (subject to hydrolysis) is 1. The van der Waals surface area contributed by atoms with Gasteiger partial charge in [0, 0.05) is 26.2 Å². The van der Waals surface area contributed by atoms with Crippen LogP contribution in [-0.4, -0.2) is 63.7 Å². The number of aromatic nitrogens is 2. The molecule has 2 amide bonds. The molecule has 3 heterocycles. The smallest absolute Gasteiger partial charge is 0.408 e. The van der Waals surface area contributed by atoms with Crippen LogP contribution in [0.3, 0.4) is 0 Å². The van der Waals surface area contributed by atoms with Gasteiger partial charge in [-0.05, 0) is 53.7 Å². The van der Waals surface area contributed by atoms with E-state index in [0.717, 1.165) is 5.76 Å². The summed E-state index contributed by atoms with van der Waals surface area (Å²) in [5.41, 5.74) is -1.45. The van der Waals surface area contributed by atoms with Gasteiger partial charge in [-0.2, -0.15) is 4.98 Å². The molecule has 0 spiro atoms. The summed E-state index contributed by atoms with van der Waals surface area (Å²) in [5, 5.41) is 6.80. The summed E-state index contributed by atoms with van der Waals surface area (Å²) in [6.07, 6.45) is -0.545. The number of rotatable bonds is 5. The standard InChI is InChI=1S/C21H31N5O5/c1-14-7-8-15(29-14)17(27)26-11-9-25(10-12-26)13-16-22-18(24-31-16)21(5,6)23-19(28)30-20(2,3)4/h7-8H,9-13H2,1-6H3,(H,23,28). The van der Waals surface area contributed by atoms with Crippen molar-refractivity contribution < 1.29 is 23.3 Å². The lowest BCUT2D eigenvalue weighted by molar-refractivity contribution is 0.0464. The van der Waals surface area contributed by atoms with Crippen molar-refractivity contribution in [3.63, 3.8) is 0 Å². The molecule has 1 N–H and O–H groups in total. The van der Waals surface area contributed by atoms with Gasteiger partial charge in [0.25, 0.3) is 5.91 Å². The van der Waals surface area contributed by atoms with Gasteiger partial charge in [-0.25, -0.2) is 4.79 Å². The Bertz CT molecular complexity index is 919. The average Bonchev–Trinajstić information content (AvgIpc) is 3.29. The predicted molar refractivity (Wildman–Crippen MR) is 111 cm³/mol. The fourth-order valence-corrected chi connectivity index (χ4v) is 3.19. The summed E-state index contributed by atoms with van der Waals surface area (Å²) < 4.78 is 16.1. The molecular formula is C21H31N5O5. The van der Waals surface area contributed by atoms with Gasteiger partial charge in [-0.1, -0.05) is 5.16 Å². The van der Waals surface area contributed by atoms with E-state index in [1.54, 1.807) is 51.7 Å². The van der Waals surface area contributed by atoms with Crippen molar-refractivity contribution in [1.82, 2.24) is 25.3 Å². The Morgan fingerprint density at radius 1 is 1.13 bits per heavy atom. The molecule has 1 aliphatic heterocycles. The summed E-state index contributed by atoms with van der Waals surface area (Å²) in [4.78, 5) is 33.0. The van der Waals surface area contributed by atoms with Gasteiger partial charge in [0.15, 0.2) is 11.6 Å². The lowest BCUT2D eigenvalue weighted by Gasteiger charge is -2.33. The van der Waals surface area contributed by atoms with Crippen LogP contribution in [0.1, 0.15) is 62.6 Å². The van der Waals surface area contributed by atoms with Crippen LogP contribution >= 0.6 is 0 Å². The van der Waals surface area contributed by atoms with Gasteiger partial charge in [0.2, 0.25) is 5.89 Å². The van der Waals surface area contributed by atoms with Gasteiger partial charge in [0.05, 0.1) is 6.54 Å². The molecule has 1 aliphatic rings. The van der Waals surface area contributed by atoms with Crippen LogP contribution in [0.25, 0.3) is 0 Å². The first kappa shape index (κ1) is 22.8. The number of piperazine rings is 1. The van der Waals surface area contributed by atoms with E-state index in [1.165, 1.54) is 0 Å². The minimum atomic E-state index is -0.851. The van der Waals surface area contributed by atoms with E-state index in [1.807, 2.05) is 6.92 Å². The van der Waals surface area contributed by atoms with Crippen molar-refractivity contribution in [3.8, 4) is 0 Å². The zero-order valence-corrected chi connectivity index (χ0v) is 19.0. The SMILES string of the molecule is Cc1ccc(C(=O)N2CCN(Cc3nc(C(C)(C)NC(=O)OC(C)(C)C)no3)CC2)o1. The van der Waals surface area contributed by atoms with Gasteiger partial charge < -0.3 is 23.9 Å². The van der Waals surface area contributed by atoms with Crippen molar-refractivity contribution in [2.24, 2.45) is 0 Å². The number of carbonyl (C=O) groups is 2. The monoisotopic (exact) mass is 433 g/mol. The fraction of sp³-hybridized carbons (Fsp3) is 0.619. The van der Waals surface area contributed by atoms with Crippen LogP contribution < -0.4 is 5.32 Å². The van der Waals surface area contributed by atoms with Crippen LogP contribution in [0.4, 0.5) is 4.79 Å². The Labute approximate surface area is 181 Å². The summed E-state index contributed by atoms with van der Waals surface area (Å²) in [7, 11) is 0. The second-order valence-corrected chi connectivity index (χ2v) is 9.24. The number of ether oxygens (including phenoxy) is 1. The fourth-order valence-electron chi connectivity index (χ4n) is 3.19. The molecule has 1 saturated heterocycles. The van der Waals surface area contributed by atoms with Crippen molar-refractivity contribution in [1.29, 1.82) is 0 Å². The van der Waals surface area contributed by atoms with Crippen molar-refractivity contribution in [2.45, 2.75) is 59.2 Å². The maximum Gasteiger partial charge on any atom is 0.408 e. The highest BCUT2D eigenvalue weighted by atomic mass is 16.6. The number of nitrogens with zero attached hydrogens (tertiary/aromatic N) is 4. The molecule has 2 aromatic rings. The lowest BCUT2D eigenvalue weighted by atomic mass is 10.1. The lowest BCUT2D eigenvalue weighted by Crippen LogP contribution is -2.48. The first-order valence-corrected chi connectivity index (χ1v) is 10.4. The highest BCUT2D eigenvalue weighted by Crippen LogP contribution is 2.19. The molecule has 10 nitrogen and oxygen atoms in total. The van der Waals surface area contributed by atoms with E-state index in [9.17, 15) is 9.59 Å². The van der Waals surface area contributed by atoms with E-state index >= 15 is 0 Å². The van der Waals surface area contributed by atoms with Crippen molar-refractivity contribution in [2.75, 3.05) is 26.2 Å². The Hall–Kier alpha value is -2.88. The van der Waals surface area contributed by atoms with Crippen LogP contribution in [-0.2, 0) is 16.8 Å². The topological polar surface area (TPSA) is 114 Å². The number of hydrogen-bond acceptors (Lipinski definition) is 8. The molecule has 0 aliphatic carbocycles. The number of furan rings is 1. The number of nitrogens with one attached hydrogen (secondary N) is 1.